The maximum Gasteiger partial charge on any atom is 0.238 e. The molecule has 0 aliphatic carbocycles. The first-order valence-corrected chi connectivity index (χ1v) is 11.2. The Hall–Kier alpha value is -2.70. The number of sulfonamides is 1. The van der Waals surface area contributed by atoms with Gasteiger partial charge in [0.25, 0.3) is 0 Å². The average molecular weight is 445 g/mol. The van der Waals surface area contributed by atoms with Crippen molar-refractivity contribution in [3.63, 3.8) is 0 Å². The highest BCUT2D eigenvalue weighted by Gasteiger charge is 2.26. The van der Waals surface area contributed by atoms with Crippen molar-refractivity contribution in [2.24, 2.45) is 0 Å². The summed E-state index contributed by atoms with van der Waals surface area (Å²) in [6, 6.07) is 15.9. The van der Waals surface area contributed by atoms with Crippen LogP contribution in [0.4, 0.5) is 5.69 Å². The van der Waals surface area contributed by atoms with Crippen LogP contribution < -0.4 is 5.32 Å². The molecular formula is C21H21ClN4O3S. The van der Waals surface area contributed by atoms with Gasteiger partial charge >= 0.3 is 0 Å². The minimum Gasteiger partial charge on any atom is -0.325 e. The summed E-state index contributed by atoms with van der Waals surface area (Å²) in [5, 5.41) is 13.1. The number of hydrogen-bond acceptors (Lipinski definition) is 5. The van der Waals surface area contributed by atoms with Gasteiger partial charge in [-0.25, -0.2) is 8.42 Å². The summed E-state index contributed by atoms with van der Waals surface area (Å²) in [5.41, 5.74) is 1.67. The summed E-state index contributed by atoms with van der Waals surface area (Å²) in [6.07, 6.45) is 1.58. The van der Waals surface area contributed by atoms with Gasteiger partial charge in [-0.15, -0.1) is 0 Å². The van der Waals surface area contributed by atoms with E-state index in [4.69, 9.17) is 16.9 Å². The van der Waals surface area contributed by atoms with E-state index in [0.717, 1.165) is 5.56 Å². The molecule has 0 unspecified atom stereocenters. The third-order valence-electron chi connectivity index (χ3n) is 4.66. The van der Waals surface area contributed by atoms with Gasteiger partial charge in [-0.1, -0.05) is 41.9 Å². The maximum atomic E-state index is 12.5. The molecular weight excluding hydrogens is 424 g/mol. The number of carbonyl (C=O) groups excluding carboxylic acids is 1. The van der Waals surface area contributed by atoms with Crippen molar-refractivity contribution in [1.82, 2.24) is 9.21 Å². The first-order chi connectivity index (χ1) is 14.4. The molecule has 9 heteroatoms. The minimum atomic E-state index is -3.51. The van der Waals surface area contributed by atoms with E-state index < -0.39 is 10.0 Å². The Labute approximate surface area is 181 Å². The van der Waals surface area contributed by atoms with E-state index in [1.807, 2.05) is 41.3 Å². The van der Waals surface area contributed by atoms with E-state index in [2.05, 4.69) is 5.32 Å². The molecule has 1 heterocycles. The number of hydrogen-bond donors (Lipinski definition) is 1. The number of halogens is 1. The molecule has 1 fully saturated rings. The Bertz CT molecular complexity index is 1070. The van der Waals surface area contributed by atoms with Crippen LogP contribution in [0.25, 0.3) is 6.08 Å². The largest absolute Gasteiger partial charge is 0.325 e. The highest BCUT2D eigenvalue weighted by molar-refractivity contribution is 7.92. The van der Waals surface area contributed by atoms with Crippen LogP contribution in [0.1, 0.15) is 11.1 Å². The van der Waals surface area contributed by atoms with Crippen LogP contribution in [0.3, 0.4) is 0 Å². The van der Waals surface area contributed by atoms with Crippen LogP contribution in [0.5, 0.6) is 0 Å². The Kier molecular flexibility index (Phi) is 7.24. The summed E-state index contributed by atoms with van der Waals surface area (Å²) in [7, 11) is -3.51. The van der Waals surface area contributed by atoms with Gasteiger partial charge in [-0.2, -0.15) is 9.57 Å². The number of benzene rings is 2. The molecule has 0 spiro atoms. The smallest absolute Gasteiger partial charge is 0.238 e. The molecule has 3 rings (SSSR count). The number of rotatable bonds is 6. The Balaban J connectivity index is 1.50. The molecule has 2 aromatic carbocycles. The van der Waals surface area contributed by atoms with Gasteiger partial charge < -0.3 is 5.32 Å². The molecule has 156 valence electrons. The lowest BCUT2D eigenvalue weighted by molar-refractivity contribution is -0.117. The molecule has 0 bridgehead atoms. The van der Waals surface area contributed by atoms with Crippen molar-refractivity contribution >= 4 is 39.3 Å². The summed E-state index contributed by atoms with van der Waals surface area (Å²) >= 11 is 5.98. The second kappa shape index (κ2) is 9.87. The number of nitrogens with zero attached hydrogens (tertiary/aromatic N) is 3. The minimum absolute atomic E-state index is 0.144. The number of nitrogens with one attached hydrogen (secondary N) is 1. The lowest BCUT2D eigenvalue weighted by Gasteiger charge is -2.32. The van der Waals surface area contributed by atoms with E-state index >= 15 is 0 Å². The third kappa shape index (κ3) is 5.90. The number of amides is 1. The Morgan fingerprint density at radius 2 is 1.83 bits per heavy atom. The van der Waals surface area contributed by atoms with Crippen LogP contribution in [-0.2, 0) is 14.8 Å². The molecule has 1 saturated heterocycles. The summed E-state index contributed by atoms with van der Waals surface area (Å²) < 4.78 is 26.5. The van der Waals surface area contributed by atoms with Gasteiger partial charge in [0.2, 0.25) is 15.9 Å². The standard InChI is InChI=1S/C21H21ClN4O3S/c22-20-14-19(7-6-18(20)15-23)24-21(27)16-25-9-11-26(12-10-25)30(28,29)13-8-17-4-2-1-3-5-17/h1-8,13-14H,9-12,16H2,(H,24,27)/b13-8+. The predicted octanol–water partition coefficient (Wildman–Crippen LogP) is 2.77. The van der Waals surface area contributed by atoms with Crippen molar-refractivity contribution in [2.75, 3.05) is 38.0 Å². The molecule has 0 saturated carbocycles. The first kappa shape index (κ1) is 22.0. The second-order valence-electron chi connectivity index (χ2n) is 6.79. The van der Waals surface area contributed by atoms with Crippen LogP contribution in [0.15, 0.2) is 53.9 Å². The zero-order valence-electron chi connectivity index (χ0n) is 16.2. The van der Waals surface area contributed by atoms with Crippen LogP contribution in [-0.4, -0.2) is 56.3 Å². The number of carbonyl (C=O) groups is 1. The van der Waals surface area contributed by atoms with Gasteiger partial charge in [0.05, 0.1) is 17.1 Å². The second-order valence-corrected chi connectivity index (χ2v) is 9.01. The molecule has 1 aliphatic heterocycles. The quantitative estimate of drug-likeness (QED) is 0.739. The van der Waals surface area contributed by atoms with Gasteiger partial charge in [-0.05, 0) is 29.8 Å². The van der Waals surface area contributed by atoms with Gasteiger partial charge in [-0.3, -0.25) is 9.69 Å². The fraction of sp³-hybridized carbons (Fsp3) is 0.238. The lowest BCUT2D eigenvalue weighted by Crippen LogP contribution is -2.49. The van der Waals surface area contributed by atoms with E-state index in [0.29, 0.717) is 37.4 Å². The van der Waals surface area contributed by atoms with Crippen LogP contribution in [0, 0.1) is 11.3 Å². The fourth-order valence-corrected chi connectivity index (χ4v) is 4.44. The number of piperazine rings is 1. The van der Waals surface area contributed by atoms with Gasteiger partial charge in [0.15, 0.2) is 0 Å². The van der Waals surface area contributed by atoms with Crippen molar-refractivity contribution in [2.45, 2.75) is 0 Å². The molecule has 7 nitrogen and oxygen atoms in total. The van der Waals surface area contributed by atoms with Gasteiger partial charge in [0, 0.05) is 37.3 Å². The Morgan fingerprint density at radius 3 is 2.47 bits per heavy atom. The van der Waals surface area contributed by atoms with Crippen molar-refractivity contribution < 1.29 is 13.2 Å². The SMILES string of the molecule is N#Cc1ccc(NC(=O)CN2CCN(S(=O)(=O)/C=C/c3ccccc3)CC2)cc1Cl. The maximum absolute atomic E-state index is 12.5. The zero-order valence-corrected chi connectivity index (χ0v) is 17.7. The van der Waals surface area contributed by atoms with Crippen molar-refractivity contribution in [1.29, 1.82) is 5.26 Å². The van der Waals surface area contributed by atoms with Crippen LogP contribution in [0.2, 0.25) is 5.02 Å². The van der Waals surface area contributed by atoms with Crippen molar-refractivity contribution in [3.05, 3.63) is 70.1 Å². The third-order valence-corrected chi connectivity index (χ3v) is 6.54. The predicted molar refractivity (Wildman–Crippen MR) is 117 cm³/mol. The van der Waals surface area contributed by atoms with E-state index in [-0.39, 0.29) is 17.5 Å². The first-order valence-electron chi connectivity index (χ1n) is 9.32. The molecule has 1 amide bonds. The topological polar surface area (TPSA) is 93.5 Å². The summed E-state index contributed by atoms with van der Waals surface area (Å²) in [6.45, 7) is 1.69. The van der Waals surface area contributed by atoms with E-state index in [1.165, 1.54) is 15.8 Å². The Morgan fingerprint density at radius 1 is 1.13 bits per heavy atom. The average Bonchev–Trinajstić information content (AvgIpc) is 2.73. The molecule has 0 aromatic heterocycles. The zero-order chi connectivity index (χ0) is 21.6. The van der Waals surface area contributed by atoms with E-state index in [1.54, 1.807) is 18.2 Å². The molecule has 1 N–H and O–H groups in total. The molecule has 0 radical (unpaired) electrons. The van der Waals surface area contributed by atoms with E-state index in [9.17, 15) is 13.2 Å². The van der Waals surface area contributed by atoms with Crippen LogP contribution >= 0.6 is 11.6 Å². The molecule has 2 aromatic rings. The highest BCUT2D eigenvalue weighted by atomic mass is 35.5. The molecule has 1 aliphatic rings. The van der Waals surface area contributed by atoms with Gasteiger partial charge in [0.1, 0.15) is 6.07 Å². The highest BCUT2D eigenvalue weighted by Crippen LogP contribution is 2.20. The fourth-order valence-electron chi connectivity index (χ4n) is 3.04. The van der Waals surface area contributed by atoms with Crippen molar-refractivity contribution in [3.8, 4) is 6.07 Å². The summed E-state index contributed by atoms with van der Waals surface area (Å²) in [5.74, 6) is -0.226. The summed E-state index contributed by atoms with van der Waals surface area (Å²) in [4.78, 5) is 14.2. The normalized spacial score (nSPS) is 15.7. The lowest BCUT2D eigenvalue weighted by atomic mass is 10.2. The monoisotopic (exact) mass is 444 g/mol. The molecule has 0 atom stereocenters. The number of anilines is 1. The number of nitriles is 1. The molecule has 30 heavy (non-hydrogen) atoms.